The van der Waals surface area contributed by atoms with Crippen LogP contribution >= 0.6 is 0 Å². The second-order valence-electron chi connectivity index (χ2n) is 5.04. The fourth-order valence-electron chi connectivity index (χ4n) is 2.73. The number of benzene rings is 1. The summed E-state index contributed by atoms with van der Waals surface area (Å²) in [6.45, 7) is 1.13. The first-order chi connectivity index (χ1) is 9.72. The highest BCUT2D eigenvalue weighted by Gasteiger charge is 2.35. The molecule has 3 rings (SSSR count). The Kier molecular flexibility index (Phi) is 3.46. The smallest absolute Gasteiger partial charge is 0.254 e. The lowest BCUT2D eigenvalue weighted by atomic mass is 10.1. The number of amides is 1. The number of aromatic nitrogens is 1. The van der Waals surface area contributed by atoms with Gasteiger partial charge >= 0.3 is 0 Å². The number of carbonyl (C=O) groups excluding carboxylic acids is 1. The van der Waals surface area contributed by atoms with Gasteiger partial charge in [0, 0.05) is 44.6 Å². The number of methoxy groups -OCH3 is 2. The molecule has 0 spiro atoms. The largest absolute Gasteiger partial charge is 0.377 e. The van der Waals surface area contributed by atoms with Crippen LogP contribution in [0.15, 0.2) is 30.5 Å². The summed E-state index contributed by atoms with van der Waals surface area (Å²) in [7, 11) is 3.30. The van der Waals surface area contributed by atoms with Crippen LogP contribution in [0.5, 0.6) is 0 Å². The van der Waals surface area contributed by atoms with Crippen molar-refractivity contribution in [3.63, 3.8) is 0 Å². The molecule has 0 aliphatic carbocycles. The molecule has 1 N–H and O–H groups in total. The number of rotatable bonds is 3. The molecule has 1 aliphatic heterocycles. The highest BCUT2D eigenvalue weighted by atomic mass is 16.5. The summed E-state index contributed by atoms with van der Waals surface area (Å²) in [6.07, 6.45) is 1.76. The summed E-state index contributed by atoms with van der Waals surface area (Å²) in [5.41, 5.74) is 1.66. The van der Waals surface area contributed by atoms with Crippen LogP contribution in [0.1, 0.15) is 10.4 Å². The molecule has 1 aromatic carbocycles. The molecule has 1 amide bonds. The van der Waals surface area contributed by atoms with Crippen LogP contribution in [0.25, 0.3) is 10.9 Å². The van der Waals surface area contributed by atoms with Crippen LogP contribution < -0.4 is 0 Å². The molecular formula is C15H18N2O3. The van der Waals surface area contributed by atoms with E-state index in [2.05, 4.69) is 4.98 Å². The van der Waals surface area contributed by atoms with E-state index in [-0.39, 0.29) is 18.1 Å². The van der Waals surface area contributed by atoms with Crippen LogP contribution in [0.3, 0.4) is 0 Å². The van der Waals surface area contributed by atoms with Crippen molar-refractivity contribution in [3.8, 4) is 0 Å². The van der Waals surface area contributed by atoms with Gasteiger partial charge in [-0.2, -0.15) is 0 Å². The lowest BCUT2D eigenvalue weighted by Gasteiger charge is -2.15. The van der Waals surface area contributed by atoms with E-state index in [0.29, 0.717) is 18.7 Å². The standard InChI is InChI=1S/C15H18N2O3/c1-19-13-8-17(9-14(13)20-2)15(18)11-4-3-10-5-6-16-12(10)7-11/h3-7,13-14,16H,8-9H2,1-2H3. The monoisotopic (exact) mass is 274 g/mol. The Morgan fingerprint density at radius 3 is 2.55 bits per heavy atom. The summed E-state index contributed by atoms with van der Waals surface area (Å²) < 4.78 is 10.7. The van der Waals surface area contributed by atoms with Gasteiger partial charge in [-0.1, -0.05) is 6.07 Å². The number of likely N-dealkylation sites (tertiary alicyclic amines) is 1. The first kappa shape index (κ1) is 13.1. The number of nitrogens with one attached hydrogen (secondary N) is 1. The fourth-order valence-corrected chi connectivity index (χ4v) is 2.73. The first-order valence-corrected chi connectivity index (χ1v) is 6.65. The van der Waals surface area contributed by atoms with Crippen LogP contribution in [0.2, 0.25) is 0 Å². The van der Waals surface area contributed by atoms with E-state index in [4.69, 9.17) is 9.47 Å². The van der Waals surface area contributed by atoms with Crippen molar-refractivity contribution in [2.24, 2.45) is 0 Å². The number of aromatic amines is 1. The highest BCUT2D eigenvalue weighted by molar-refractivity contribution is 5.98. The van der Waals surface area contributed by atoms with E-state index in [1.807, 2.05) is 30.5 Å². The normalized spacial score (nSPS) is 22.6. The van der Waals surface area contributed by atoms with Gasteiger partial charge in [0.15, 0.2) is 0 Å². The zero-order valence-electron chi connectivity index (χ0n) is 11.6. The molecule has 0 saturated carbocycles. The lowest BCUT2D eigenvalue weighted by molar-refractivity contribution is -0.00461. The lowest BCUT2D eigenvalue weighted by Crippen LogP contribution is -2.30. The summed E-state index contributed by atoms with van der Waals surface area (Å²) in [4.78, 5) is 17.4. The minimum atomic E-state index is -0.0573. The predicted octanol–water partition coefficient (Wildman–Crippen LogP) is 1.65. The van der Waals surface area contributed by atoms with Crippen LogP contribution in [0, 0.1) is 0 Å². The van der Waals surface area contributed by atoms with E-state index >= 15 is 0 Å². The maximum atomic E-state index is 12.5. The molecule has 5 heteroatoms. The Morgan fingerprint density at radius 1 is 1.20 bits per heavy atom. The molecule has 106 valence electrons. The zero-order valence-corrected chi connectivity index (χ0v) is 11.6. The van der Waals surface area contributed by atoms with E-state index in [9.17, 15) is 4.79 Å². The third-order valence-corrected chi connectivity index (χ3v) is 3.91. The van der Waals surface area contributed by atoms with Gasteiger partial charge in [0.05, 0.1) is 0 Å². The topological polar surface area (TPSA) is 54.6 Å². The van der Waals surface area contributed by atoms with E-state index in [1.165, 1.54) is 0 Å². The Labute approximate surface area is 117 Å². The number of ether oxygens (including phenoxy) is 2. The molecule has 2 unspecified atom stereocenters. The van der Waals surface area contributed by atoms with Gasteiger partial charge in [-0.25, -0.2) is 0 Å². The summed E-state index contributed by atoms with van der Waals surface area (Å²) in [6, 6.07) is 7.69. The number of hydrogen-bond donors (Lipinski definition) is 1. The van der Waals surface area contributed by atoms with E-state index < -0.39 is 0 Å². The first-order valence-electron chi connectivity index (χ1n) is 6.65. The number of hydrogen-bond acceptors (Lipinski definition) is 3. The Bertz CT molecular complexity index is 610. The van der Waals surface area contributed by atoms with Gasteiger partial charge in [0.25, 0.3) is 5.91 Å². The molecule has 2 heterocycles. The fraction of sp³-hybridized carbons (Fsp3) is 0.400. The summed E-state index contributed by atoms with van der Waals surface area (Å²) >= 11 is 0. The Hall–Kier alpha value is -1.85. The minimum Gasteiger partial charge on any atom is -0.377 e. The van der Waals surface area contributed by atoms with E-state index in [1.54, 1.807) is 19.1 Å². The zero-order chi connectivity index (χ0) is 14.1. The molecule has 1 fully saturated rings. The maximum absolute atomic E-state index is 12.5. The average molecular weight is 274 g/mol. The molecule has 2 aromatic rings. The van der Waals surface area contributed by atoms with Gasteiger partial charge in [-0.05, 0) is 23.6 Å². The predicted molar refractivity (Wildman–Crippen MR) is 75.8 cm³/mol. The van der Waals surface area contributed by atoms with Crippen LogP contribution in [0.4, 0.5) is 0 Å². The number of fused-ring (bicyclic) bond motifs is 1. The van der Waals surface area contributed by atoms with Gasteiger partial charge in [0.2, 0.25) is 0 Å². The number of nitrogens with zero attached hydrogens (tertiary/aromatic N) is 1. The third-order valence-electron chi connectivity index (χ3n) is 3.91. The number of H-pyrrole nitrogens is 1. The molecule has 1 aliphatic rings. The molecule has 0 bridgehead atoms. The summed E-state index contributed by atoms with van der Waals surface area (Å²) in [5, 5.41) is 1.10. The van der Waals surface area contributed by atoms with Crippen molar-refractivity contribution in [2.75, 3.05) is 27.3 Å². The average Bonchev–Trinajstić information content (AvgIpc) is 3.11. The van der Waals surface area contributed by atoms with Crippen LogP contribution in [-0.2, 0) is 9.47 Å². The third kappa shape index (κ3) is 2.19. The SMILES string of the molecule is COC1CN(C(=O)c2ccc3cc[nH]c3c2)CC1OC. The Balaban J connectivity index is 1.82. The molecule has 2 atom stereocenters. The van der Waals surface area contributed by atoms with Gasteiger partial charge in [-0.15, -0.1) is 0 Å². The molecule has 1 aromatic heterocycles. The van der Waals surface area contributed by atoms with Crippen molar-refractivity contribution in [3.05, 3.63) is 36.0 Å². The van der Waals surface area contributed by atoms with Crippen molar-refractivity contribution >= 4 is 16.8 Å². The molecular weight excluding hydrogens is 256 g/mol. The van der Waals surface area contributed by atoms with E-state index in [0.717, 1.165) is 10.9 Å². The van der Waals surface area contributed by atoms with Crippen molar-refractivity contribution in [2.45, 2.75) is 12.2 Å². The van der Waals surface area contributed by atoms with Crippen molar-refractivity contribution < 1.29 is 14.3 Å². The van der Waals surface area contributed by atoms with Crippen molar-refractivity contribution in [1.82, 2.24) is 9.88 Å². The second kappa shape index (κ2) is 5.26. The second-order valence-corrected chi connectivity index (χ2v) is 5.04. The van der Waals surface area contributed by atoms with Gasteiger partial charge < -0.3 is 19.4 Å². The molecule has 20 heavy (non-hydrogen) atoms. The van der Waals surface area contributed by atoms with Gasteiger partial charge in [0.1, 0.15) is 12.2 Å². The Morgan fingerprint density at radius 2 is 1.90 bits per heavy atom. The highest BCUT2D eigenvalue weighted by Crippen LogP contribution is 2.20. The molecule has 0 radical (unpaired) electrons. The number of carbonyl (C=O) groups is 1. The summed E-state index contributed by atoms with van der Waals surface area (Å²) in [5.74, 6) is 0.0168. The molecule has 5 nitrogen and oxygen atoms in total. The quantitative estimate of drug-likeness (QED) is 0.926. The minimum absolute atomic E-state index is 0.0168. The van der Waals surface area contributed by atoms with Crippen molar-refractivity contribution in [1.29, 1.82) is 0 Å². The van der Waals surface area contributed by atoms with Gasteiger partial charge in [-0.3, -0.25) is 4.79 Å². The molecule has 1 saturated heterocycles. The van der Waals surface area contributed by atoms with Crippen LogP contribution in [-0.4, -0.2) is 55.3 Å². The maximum Gasteiger partial charge on any atom is 0.254 e.